The zero-order chi connectivity index (χ0) is 14.7. The van der Waals surface area contributed by atoms with E-state index in [0.717, 1.165) is 12.1 Å². The molecule has 0 bridgehead atoms. The number of unbranched alkanes of at least 4 members (excludes halogenated alkanes) is 1. The van der Waals surface area contributed by atoms with E-state index in [1.807, 2.05) is 6.92 Å². The number of rotatable bonds is 5. The third kappa shape index (κ3) is 2.30. The van der Waals surface area contributed by atoms with Gasteiger partial charge < -0.3 is 10.8 Å². The van der Waals surface area contributed by atoms with Crippen molar-refractivity contribution in [1.29, 1.82) is 0 Å². The van der Waals surface area contributed by atoms with Crippen molar-refractivity contribution in [2.75, 3.05) is 5.73 Å². The molecule has 0 aliphatic heterocycles. The van der Waals surface area contributed by atoms with Gasteiger partial charge in [0.2, 0.25) is 0 Å². The Balaban J connectivity index is 2.56. The Kier molecular flexibility index (Phi) is 3.89. The molecule has 0 aliphatic carbocycles. The van der Waals surface area contributed by atoms with Crippen LogP contribution in [0.2, 0.25) is 0 Å². The van der Waals surface area contributed by atoms with Gasteiger partial charge in [-0.2, -0.15) is 5.10 Å². The topological polar surface area (TPSA) is 94.0 Å². The van der Waals surface area contributed by atoms with Crippen LogP contribution in [0.3, 0.4) is 0 Å². The van der Waals surface area contributed by atoms with Gasteiger partial charge in [-0.25, -0.2) is 14.5 Å². The van der Waals surface area contributed by atoms with Gasteiger partial charge in [0, 0.05) is 19.2 Å². The van der Waals surface area contributed by atoms with Crippen LogP contribution in [0.15, 0.2) is 6.20 Å². The second-order valence-electron chi connectivity index (χ2n) is 4.42. The van der Waals surface area contributed by atoms with Crippen molar-refractivity contribution in [3.05, 3.63) is 17.5 Å². The quantitative estimate of drug-likeness (QED) is 0.638. The first-order chi connectivity index (χ1) is 9.60. The van der Waals surface area contributed by atoms with Crippen molar-refractivity contribution in [2.45, 2.75) is 32.7 Å². The number of nitrogens with two attached hydrogens (primary N) is 1. The van der Waals surface area contributed by atoms with E-state index in [4.69, 9.17) is 17.3 Å². The number of fused-ring (bicyclic) bond motifs is 1. The van der Waals surface area contributed by atoms with Crippen molar-refractivity contribution >= 4 is 22.7 Å². The number of aryl methyl sites for hydroxylation is 2. The van der Waals surface area contributed by atoms with Gasteiger partial charge in [0.1, 0.15) is 5.56 Å². The van der Waals surface area contributed by atoms with Crippen molar-refractivity contribution in [1.82, 2.24) is 14.8 Å². The molecule has 2 rings (SSSR count). The second kappa shape index (κ2) is 5.61. The standard InChI is InChI=1S/C14H16N4O2/c1-3-5-6-7-18-13-11(10(4-2)17-18)12(15)9(8-16-13)14(19)20/h1,8H,4-7H2,2H3,(H2,15,16)(H,19,20). The highest BCUT2D eigenvalue weighted by molar-refractivity contribution is 6.03. The molecule has 0 fully saturated rings. The summed E-state index contributed by atoms with van der Waals surface area (Å²) in [4.78, 5) is 15.3. The van der Waals surface area contributed by atoms with E-state index < -0.39 is 5.97 Å². The minimum atomic E-state index is -1.08. The molecule has 0 amide bonds. The van der Waals surface area contributed by atoms with Gasteiger partial charge in [-0.05, 0) is 12.8 Å². The molecule has 0 saturated carbocycles. The van der Waals surface area contributed by atoms with Gasteiger partial charge in [-0.1, -0.05) is 6.92 Å². The molecule has 104 valence electrons. The fourth-order valence-corrected chi connectivity index (χ4v) is 2.14. The number of carboxylic acid groups (broad SMARTS) is 1. The minimum Gasteiger partial charge on any atom is -0.478 e. The average Bonchev–Trinajstić information content (AvgIpc) is 2.78. The maximum absolute atomic E-state index is 11.1. The van der Waals surface area contributed by atoms with Crippen LogP contribution in [0.5, 0.6) is 0 Å². The van der Waals surface area contributed by atoms with Crippen molar-refractivity contribution in [3.8, 4) is 12.3 Å². The van der Waals surface area contributed by atoms with Crippen LogP contribution in [0.1, 0.15) is 35.8 Å². The van der Waals surface area contributed by atoms with Crippen LogP contribution in [0, 0.1) is 12.3 Å². The maximum Gasteiger partial charge on any atom is 0.339 e. The number of nitrogen functional groups attached to an aromatic ring is 1. The van der Waals surface area contributed by atoms with E-state index in [-0.39, 0.29) is 11.3 Å². The molecular formula is C14H16N4O2. The van der Waals surface area contributed by atoms with Crippen LogP contribution in [-0.4, -0.2) is 25.8 Å². The summed E-state index contributed by atoms with van der Waals surface area (Å²) in [6.07, 6.45) is 8.62. The number of aromatic carboxylic acids is 1. The number of carbonyl (C=O) groups is 1. The third-order valence-corrected chi connectivity index (χ3v) is 3.13. The van der Waals surface area contributed by atoms with Gasteiger partial charge >= 0.3 is 5.97 Å². The van der Waals surface area contributed by atoms with E-state index in [1.165, 1.54) is 6.20 Å². The first-order valence-corrected chi connectivity index (χ1v) is 6.40. The zero-order valence-electron chi connectivity index (χ0n) is 11.3. The van der Waals surface area contributed by atoms with E-state index in [1.54, 1.807) is 4.68 Å². The highest BCUT2D eigenvalue weighted by atomic mass is 16.4. The Labute approximate surface area is 116 Å². The lowest BCUT2D eigenvalue weighted by Gasteiger charge is -2.04. The summed E-state index contributed by atoms with van der Waals surface area (Å²) in [7, 11) is 0. The normalized spacial score (nSPS) is 10.6. The number of nitrogens with zero attached hydrogens (tertiary/aromatic N) is 3. The summed E-state index contributed by atoms with van der Waals surface area (Å²) in [5, 5.41) is 14.2. The summed E-state index contributed by atoms with van der Waals surface area (Å²) in [6, 6.07) is 0. The fourth-order valence-electron chi connectivity index (χ4n) is 2.14. The minimum absolute atomic E-state index is 0.00961. The van der Waals surface area contributed by atoms with Crippen LogP contribution < -0.4 is 5.73 Å². The molecule has 2 aromatic rings. The Morgan fingerprint density at radius 2 is 2.35 bits per heavy atom. The predicted molar refractivity (Wildman–Crippen MR) is 76.3 cm³/mol. The Hall–Kier alpha value is -2.55. The zero-order valence-corrected chi connectivity index (χ0v) is 11.3. The third-order valence-electron chi connectivity index (χ3n) is 3.13. The SMILES string of the molecule is C#CCCCn1nc(CC)c2c(N)c(C(=O)O)cnc21. The molecule has 0 aromatic carbocycles. The molecule has 0 radical (unpaired) electrons. The smallest absolute Gasteiger partial charge is 0.339 e. The van der Waals surface area contributed by atoms with Gasteiger partial charge in [0.05, 0.1) is 16.8 Å². The van der Waals surface area contributed by atoms with Crippen LogP contribution >= 0.6 is 0 Å². The molecule has 0 spiro atoms. The van der Waals surface area contributed by atoms with E-state index in [2.05, 4.69) is 16.0 Å². The number of carboxylic acids is 1. The molecule has 0 saturated heterocycles. The lowest BCUT2D eigenvalue weighted by Crippen LogP contribution is -2.05. The first-order valence-electron chi connectivity index (χ1n) is 6.40. The number of pyridine rings is 1. The monoisotopic (exact) mass is 272 g/mol. The lowest BCUT2D eigenvalue weighted by atomic mass is 10.1. The van der Waals surface area contributed by atoms with Gasteiger partial charge in [-0.3, -0.25) is 0 Å². The molecule has 2 aromatic heterocycles. The molecule has 2 heterocycles. The Morgan fingerprint density at radius 3 is 2.95 bits per heavy atom. The molecule has 6 heteroatoms. The van der Waals surface area contributed by atoms with Crippen LogP contribution in [0.4, 0.5) is 5.69 Å². The summed E-state index contributed by atoms with van der Waals surface area (Å²) >= 11 is 0. The molecule has 0 unspecified atom stereocenters. The van der Waals surface area contributed by atoms with Crippen molar-refractivity contribution in [2.24, 2.45) is 0 Å². The van der Waals surface area contributed by atoms with E-state index in [0.29, 0.717) is 30.4 Å². The highest BCUT2D eigenvalue weighted by Gasteiger charge is 2.18. The van der Waals surface area contributed by atoms with Gasteiger partial charge in [0.15, 0.2) is 5.65 Å². The molecule has 3 N–H and O–H groups in total. The van der Waals surface area contributed by atoms with E-state index >= 15 is 0 Å². The maximum atomic E-state index is 11.1. The summed E-state index contributed by atoms with van der Waals surface area (Å²) < 4.78 is 1.74. The molecule has 20 heavy (non-hydrogen) atoms. The number of aromatic nitrogens is 3. The van der Waals surface area contributed by atoms with Gasteiger partial charge in [0.25, 0.3) is 0 Å². The molecule has 0 aliphatic rings. The Bertz CT molecular complexity index is 697. The lowest BCUT2D eigenvalue weighted by molar-refractivity contribution is 0.0698. The molecule has 6 nitrogen and oxygen atoms in total. The first kappa shape index (κ1) is 13.9. The van der Waals surface area contributed by atoms with E-state index in [9.17, 15) is 4.79 Å². The van der Waals surface area contributed by atoms with Gasteiger partial charge in [-0.15, -0.1) is 12.3 Å². The summed E-state index contributed by atoms with van der Waals surface area (Å²) in [5.74, 6) is 1.49. The second-order valence-corrected chi connectivity index (χ2v) is 4.42. The number of anilines is 1. The van der Waals surface area contributed by atoms with Crippen LogP contribution in [0.25, 0.3) is 11.0 Å². The molecule has 0 atom stereocenters. The summed E-state index contributed by atoms with van der Waals surface area (Å²) in [5.41, 5.74) is 7.56. The highest BCUT2D eigenvalue weighted by Crippen LogP contribution is 2.27. The predicted octanol–water partition coefficient (Wildman–Crippen LogP) is 1.69. The average molecular weight is 272 g/mol. The Morgan fingerprint density at radius 1 is 1.60 bits per heavy atom. The number of hydrogen-bond acceptors (Lipinski definition) is 4. The number of hydrogen-bond donors (Lipinski definition) is 2. The van der Waals surface area contributed by atoms with Crippen LogP contribution in [-0.2, 0) is 13.0 Å². The molecular weight excluding hydrogens is 256 g/mol. The number of terminal acetylenes is 1. The summed E-state index contributed by atoms with van der Waals surface area (Å²) in [6.45, 7) is 2.58. The fraction of sp³-hybridized carbons (Fsp3) is 0.357. The largest absolute Gasteiger partial charge is 0.478 e. The van der Waals surface area contributed by atoms with Crippen molar-refractivity contribution < 1.29 is 9.90 Å². The van der Waals surface area contributed by atoms with Crippen molar-refractivity contribution in [3.63, 3.8) is 0 Å².